The average Bonchev–Trinajstić information content (AvgIpc) is 2.40. The Labute approximate surface area is 119 Å². The molecule has 0 spiro atoms. The summed E-state index contributed by atoms with van der Waals surface area (Å²) in [5.41, 5.74) is 2.47. The Morgan fingerprint density at radius 1 is 1.20 bits per heavy atom. The van der Waals surface area contributed by atoms with Crippen molar-refractivity contribution in [3.05, 3.63) is 35.4 Å². The maximum atomic E-state index is 11.1. The van der Waals surface area contributed by atoms with E-state index >= 15 is 0 Å². The van der Waals surface area contributed by atoms with Gasteiger partial charge in [0.05, 0.1) is 19.1 Å². The van der Waals surface area contributed by atoms with Crippen LogP contribution in [0.4, 0.5) is 0 Å². The van der Waals surface area contributed by atoms with E-state index in [1.165, 1.54) is 11.1 Å². The van der Waals surface area contributed by atoms with Gasteiger partial charge < -0.3 is 9.84 Å². The molecule has 1 aliphatic carbocycles. The monoisotopic (exact) mass is 275 g/mol. The maximum absolute atomic E-state index is 11.1. The first-order valence-electron chi connectivity index (χ1n) is 7.36. The Morgan fingerprint density at radius 3 is 2.45 bits per heavy atom. The summed E-state index contributed by atoms with van der Waals surface area (Å²) in [5, 5.41) is 9.12. The molecule has 1 saturated carbocycles. The summed E-state index contributed by atoms with van der Waals surface area (Å²) in [6.45, 7) is 4.58. The second kappa shape index (κ2) is 5.94. The number of benzene rings is 1. The van der Waals surface area contributed by atoms with Gasteiger partial charge in [-0.2, -0.15) is 0 Å². The summed E-state index contributed by atoms with van der Waals surface area (Å²) < 4.78 is 5.35. The van der Waals surface area contributed by atoms with E-state index in [-0.39, 0.29) is 11.8 Å². The Morgan fingerprint density at radius 2 is 1.90 bits per heavy atom. The van der Waals surface area contributed by atoms with Gasteiger partial charge in [-0.25, -0.2) is 0 Å². The highest BCUT2D eigenvalue weighted by Crippen LogP contribution is 2.42. The Bertz CT molecular complexity index is 465. The molecule has 0 radical (unpaired) electrons. The van der Waals surface area contributed by atoms with E-state index < -0.39 is 5.97 Å². The molecule has 4 heteroatoms. The van der Waals surface area contributed by atoms with Crippen molar-refractivity contribution < 1.29 is 14.6 Å². The summed E-state index contributed by atoms with van der Waals surface area (Å²) in [4.78, 5) is 13.5. The molecule has 0 amide bonds. The lowest BCUT2D eigenvalue weighted by Crippen LogP contribution is -2.35. The predicted octanol–water partition coefficient (Wildman–Crippen LogP) is 2.10. The van der Waals surface area contributed by atoms with Crippen LogP contribution >= 0.6 is 0 Å². The van der Waals surface area contributed by atoms with Crippen molar-refractivity contribution in [3.8, 4) is 0 Å². The largest absolute Gasteiger partial charge is 0.481 e. The molecule has 1 aromatic rings. The Hall–Kier alpha value is -1.39. The van der Waals surface area contributed by atoms with Crippen LogP contribution in [-0.2, 0) is 16.1 Å². The van der Waals surface area contributed by atoms with Gasteiger partial charge in [0.2, 0.25) is 0 Å². The van der Waals surface area contributed by atoms with Crippen molar-refractivity contribution in [3.63, 3.8) is 0 Å². The molecule has 1 heterocycles. The molecule has 2 unspecified atom stereocenters. The summed E-state index contributed by atoms with van der Waals surface area (Å²) in [6.07, 6.45) is 1.81. The number of carboxylic acid groups (broad SMARTS) is 1. The molecule has 1 aromatic carbocycles. The van der Waals surface area contributed by atoms with Crippen molar-refractivity contribution in [2.24, 2.45) is 5.92 Å². The second-order valence-corrected chi connectivity index (χ2v) is 5.76. The van der Waals surface area contributed by atoms with Gasteiger partial charge in [-0.1, -0.05) is 24.3 Å². The molecule has 4 nitrogen and oxygen atoms in total. The predicted molar refractivity (Wildman–Crippen MR) is 75.6 cm³/mol. The number of morpholine rings is 1. The zero-order valence-electron chi connectivity index (χ0n) is 11.6. The maximum Gasteiger partial charge on any atom is 0.307 e. The van der Waals surface area contributed by atoms with Gasteiger partial charge in [0, 0.05) is 19.6 Å². The molecule has 20 heavy (non-hydrogen) atoms. The molecule has 2 aliphatic rings. The van der Waals surface area contributed by atoms with Crippen LogP contribution in [0.15, 0.2) is 24.3 Å². The zero-order chi connectivity index (χ0) is 13.9. The van der Waals surface area contributed by atoms with Gasteiger partial charge in [0.25, 0.3) is 0 Å². The molecule has 3 rings (SSSR count). The van der Waals surface area contributed by atoms with E-state index in [1.807, 2.05) is 0 Å². The molecular formula is C16H21NO3. The van der Waals surface area contributed by atoms with E-state index in [2.05, 4.69) is 29.2 Å². The number of carbonyl (C=O) groups is 1. The van der Waals surface area contributed by atoms with Crippen LogP contribution in [0.5, 0.6) is 0 Å². The van der Waals surface area contributed by atoms with Crippen LogP contribution in [0.2, 0.25) is 0 Å². The third-order valence-corrected chi connectivity index (χ3v) is 4.51. The van der Waals surface area contributed by atoms with Crippen LogP contribution in [-0.4, -0.2) is 42.3 Å². The van der Waals surface area contributed by atoms with E-state index in [0.717, 1.165) is 45.7 Å². The van der Waals surface area contributed by atoms with Gasteiger partial charge in [-0.15, -0.1) is 0 Å². The summed E-state index contributed by atoms with van der Waals surface area (Å²) >= 11 is 0. The first kappa shape index (κ1) is 13.6. The smallest absolute Gasteiger partial charge is 0.307 e. The molecule has 1 aliphatic heterocycles. The molecule has 1 saturated heterocycles. The third-order valence-electron chi connectivity index (χ3n) is 4.51. The topological polar surface area (TPSA) is 49.8 Å². The molecule has 1 N–H and O–H groups in total. The van der Waals surface area contributed by atoms with Crippen LogP contribution in [0.25, 0.3) is 0 Å². The van der Waals surface area contributed by atoms with Crippen LogP contribution < -0.4 is 0 Å². The number of aliphatic carboxylic acids is 1. The average molecular weight is 275 g/mol. The number of nitrogens with zero attached hydrogens (tertiary/aromatic N) is 1. The van der Waals surface area contributed by atoms with Crippen molar-refractivity contribution >= 4 is 5.97 Å². The Balaban J connectivity index is 1.61. The van der Waals surface area contributed by atoms with Gasteiger partial charge in [0.1, 0.15) is 0 Å². The normalized spacial score (nSPS) is 27.0. The summed E-state index contributed by atoms with van der Waals surface area (Å²) in [7, 11) is 0. The highest BCUT2D eigenvalue weighted by atomic mass is 16.5. The quantitative estimate of drug-likeness (QED) is 0.914. The summed E-state index contributed by atoms with van der Waals surface area (Å²) in [6, 6.07) is 8.50. The minimum Gasteiger partial charge on any atom is -0.481 e. The highest BCUT2D eigenvalue weighted by Gasteiger charge is 2.37. The van der Waals surface area contributed by atoms with Crippen molar-refractivity contribution in [1.82, 2.24) is 4.90 Å². The number of rotatable bonds is 4. The number of carboxylic acids is 1. The van der Waals surface area contributed by atoms with Crippen molar-refractivity contribution in [2.75, 3.05) is 26.3 Å². The highest BCUT2D eigenvalue weighted by molar-refractivity contribution is 5.72. The van der Waals surface area contributed by atoms with Crippen LogP contribution in [0.1, 0.15) is 29.9 Å². The van der Waals surface area contributed by atoms with Crippen molar-refractivity contribution in [2.45, 2.75) is 25.3 Å². The summed E-state index contributed by atoms with van der Waals surface area (Å²) in [5.74, 6) is -0.622. The molecule has 2 fully saturated rings. The lowest BCUT2D eigenvalue weighted by Gasteiger charge is -2.34. The number of ether oxygens (including phenoxy) is 1. The van der Waals surface area contributed by atoms with Gasteiger partial charge in [-0.3, -0.25) is 9.69 Å². The fraction of sp³-hybridized carbons (Fsp3) is 0.562. The minimum atomic E-state index is -0.654. The van der Waals surface area contributed by atoms with Crippen LogP contribution in [0.3, 0.4) is 0 Å². The van der Waals surface area contributed by atoms with E-state index in [9.17, 15) is 4.79 Å². The van der Waals surface area contributed by atoms with Gasteiger partial charge in [0.15, 0.2) is 0 Å². The zero-order valence-corrected chi connectivity index (χ0v) is 11.6. The SMILES string of the molecule is O=C(O)C1CCC1c1ccc(CN2CCOCC2)cc1. The fourth-order valence-corrected chi connectivity index (χ4v) is 3.08. The molecule has 108 valence electrons. The van der Waals surface area contributed by atoms with Crippen LogP contribution in [0, 0.1) is 5.92 Å². The third kappa shape index (κ3) is 2.86. The van der Waals surface area contributed by atoms with Crippen molar-refractivity contribution in [1.29, 1.82) is 0 Å². The second-order valence-electron chi connectivity index (χ2n) is 5.76. The molecular weight excluding hydrogens is 254 g/mol. The van der Waals surface area contributed by atoms with E-state index in [1.54, 1.807) is 0 Å². The van der Waals surface area contributed by atoms with Gasteiger partial charge >= 0.3 is 5.97 Å². The van der Waals surface area contributed by atoms with E-state index in [4.69, 9.17) is 9.84 Å². The number of hydrogen-bond donors (Lipinski definition) is 1. The lowest BCUT2D eigenvalue weighted by atomic mass is 9.70. The van der Waals surface area contributed by atoms with Gasteiger partial charge in [-0.05, 0) is 29.9 Å². The molecule has 0 bridgehead atoms. The lowest BCUT2D eigenvalue weighted by molar-refractivity contribution is -0.145. The number of hydrogen-bond acceptors (Lipinski definition) is 3. The van der Waals surface area contributed by atoms with E-state index in [0.29, 0.717) is 0 Å². The Kier molecular flexibility index (Phi) is 4.03. The molecule has 2 atom stereocenters. The molecule has 0 aromatic heterocycles. The standard InChI is InChI=1S/C16H21NO3/c18-16(19)15-6-5-14(15)13-3-1-12(2-4-13)11-17-7-9-20-10-8-17/h1-4,14-15H,5-11H2,(H,18,19). The fourth-order valence-electron chi connectivity index (χ4n) is 3.08. The first-order valence-corrected chi connectivity index (χ1v) is 7.36. The first-order chi connectivity index (χ1) is 9.74. The minimum absolute atomic E-state index is 0.180.